The SMILES string of the molecule is CCCCCCCCCCc1ccc(-c2ccc(OCCCC3CCC(CCCCC)CC3)cc2)nc1. The fraction of sp³-hybridized carbons (Fsp3) is 0.686. The zero-order valence-corrected chi connectivity index (χ0v) is 24.2. The molecular formula is C35H55NO. The van der Waals surface area contributed by atoms with Crippen LogP contribution in [0, 0.1) is 11.8 Å². The van der Waals surface area contributed by atoms with E-state index in [-0.39, 0.29) is 0 Å². The highest BCUT2D eigenvalue weighted by molar-refractivity contribution is 5.60. The van der Waals surface area contributed by atoms with Gasteiger partial charge in [0.25, 0.3) is 0 Å². The molecule has 1 aliphatic carbocycles. The highest BCUT2D eigenvalue weighted by Gasteiger charge is 2.20. The van der Waals surface area contributed by atoms with Crippen LogP contribution in [0.15, 0.2) is 42.6 Å². The fourth-order valence-electron chi connectivity index (χ4n) is 5.98. The van der Waals surface area contributed by atoms with E-state index in [0.29, 0.717) is 0 Å². The standard InChI is InChI=1S/C35H55NO/c1-3-5-7-8-9-10-11-13-16-32-22-27-35(36-29-32)33-23-25-34(26-24-33)37-28-14-17-31-20-18-30(19-21-31)15-12-6-4-2/h22-27,29-31H,3-21,28H2,1-2H3. The van der Waals surface area contributed by atoms with Gasteiger partial charge in [0.1, 0.15) is 5.75 Å². The summed E-state index contributed by atoms with van der Waals surface area (Å²) in [5, 5.41) is 0. The van der Waals surface area contributed by atoms with E-state index in [4.69, 9.17) is 9.72 Å². The van der Waals surface area contributed by atoms with Gasteiger partial charge in [0.15, 0.2) is 0 Å². The molecule has 0 unspecified atom stereocenters. The summed E-state index contributed by atoms with van der Waals surface area (Å²) in [5.74, 6) is 2.92. The summed E-state index contributed by atoms with van der Waals surface area (Å²) in [6, 6.07) is 12.9. The summed E-state index contributed by atoms with van der Waals surface area (Å²) in [6.07, 6.45) is 28.2. The molecule has 1 aromatic carbocycles. The molecule has 0 bridgehead atoms. The quantitative estimate of drug-likeness (QED) is 0.177. The third-order valence-corrected chi connectivity index (χ3v) is 8.50. The van der Waals surface area contributed by atoms with E-state index < -0.39 is 0 Å². The molecule has 0 amide bonds. The lowest BCUT2D eigenvalue weighted by Gasteiger charge is -2.28. The number of hydrogen-bond donors (Lipinski definition) is 0. The monoisotopic (exact) mass is 505 g/mol. The fourth-order valence-corrected chi connectivity index (χ4v) is 5.98. The molecule has 1 saturated carbocycles. The number of hydrogen-bond acceptors (Lipinski definition) is 2. The first-order valence-corrected chi connectivity index (χ1v) is 16.0. The smallest absolute Gasteiger partial charge is 0.119 e. The Morgan fingerprint density at radius 2 is 1.24 bits per heavy atom. The molecule has 2 heteroatoms. The third kappa shape index (κ3) is 12.1. The Labute approximate surface area is 229 Å². The van der Waals surface area contributed by atoms with Gasteiger partial charge < -0.3 is 4.74 Å². The van der Waals surface area contributed by atoms with Crippen LogP contribution < -0.4 is 4.74 Å². The molecule has 206 valence electrons. The van der Waals surface area contributed by atoms with Crippen molar-refractivity contribution in [2.75, 3.05) is 6.61 Å². The number of rotatable bonds is 19. The second-order valence-electron chi connectivity index (χ2n) is 11.7. The first kappa shape index (κ1) is 29.7. The van der Waals surface area contributed by atoms with Crippen LogP contribution in [0.5, 0.6) is 5.75 Å². The minimum absolute atomic E-state index is 0.835. The Morgan fingerprint density at radius 3 is 1.86 bits per heavy atom. The molecule has 1 fully saturated rings. The van der Waals surface area contributed by atoms with Crippen molar-refractivity contribution < 1.29 is 4.74 Å². The third-order valence-electron chi connectivity index (χ3n) is 8.50. The van der Waals surface area contributed by atoms with Gasteiger partial charge in [-0.2, -0.15) is 0 Å². The Morgan fingerprint density at radius 1 is 0.649 bits per heavy atom. The van der Waals surface area contributed by atoms with E-state index in [9.17, 15) is 0 Å². The molecule has 1 aliphatic rings. The van der Waals surface area contributed by atoms with E-state index >= 15 is 0 Å². The molecule has 2 nitrogen and oxygen atoms in total. The number of aryl methyl sites for hydroxylation is 1. The van der Waals surface area contributed by atoms with Gasteiger partial charge in [0, 0.05) is 11.8 Å². The maximum Gasteiger partial charge on any atom is 0.119 e. The highest BCUT2D eigenvalue weighted by Crippen LogP contribution is 2.34. The zero-order valence-electron chi connectivity index (χ0n) is 24.2. The number of benzene rings is 1. The summed E-state index contributed by atoms with van der Waals surface area (Å²) in [6.45, 7) is 5.43. The first-order chi connectivity index (χ1) is 18.3. The van der Waals surface area contributed by atoms with E-state index in [1.807, 2.05) is 0 Å². The summed E-state index contributed by atoms with van der Waals surface area (Å²) in [4.78, 5) is 4.74. The van der Waals surface area contributed by atoms with Crippen molar-refractivity contribution in [3.8, 4) is 17.0 Å². The van der Waals surface area contributed by atoms with Crippen molar-refractivity contribution in [1.82, 2.24) is 4.98 Å². The summed E-state index contributed by atoms with van der Waals surface area (Å²) in [5.41, 5.74) is 3.58. The van der Waals surface area contributed by atoms with Crippen LogP contribution in [0.3, 0.4) is 0 Å². The normalized spacial score (nSPS) is 17.7. The van der Waals surface area contributed by atoms with Gasteiger partial charge in [-0.3, -0.25) is 4.98 Å². The van der Waals surface area contributed by atoms with Crippen LogP contribution >= 0.6 is 0 Å². The van der Waals surface area contributed by atoms with E-state index in [0.717, 1.165) is 36.3 Å². The molecular weight excluding hydrogens is 450 g/mol. The van der Waals surface area contributed by atoms with Gasteiger partial charge >= 0.3 is 0 Å². The van der Waals surface area contributed by atoms with Crippen LogP contribution in [0.4, 0.5) is 0 Å². The van der Waals surface area contributed by atoms with Crippen LogP contribution in [0.2, 0.25) is 0 Å². The number of pyridine rings is 1. The number of unbranched alkanes of at least 4 members (excludes halogenated alkanes) is 9. The topological polar surface area (TPSA) is 22.1 Å². The summed E-state index contributed by atoms with van der Waals surface area (Å²) < 4.78 is 6.06. The molecule has 0 atom stereocenters. The van der Waals surface area contributed by atoms with Crippen LogP contribution in [0.1, 0.15) is 135 Å². The van der Waals surface area contributed by atoms with Gasteiger partial charge in [0.05, 0.1) is 12.3 Å². The molecule has 2 aromatic rings. The molecule has 0 aliphatic heterocycles. The lowest BCUT2D eigenvalue weighted by atomic mass is 9.78. The molecule has 0 N–H and O–H groups in total. The predicted molar refractivity (Wildman–Crippen MR) is 160 cm³/mol. The van der Waals surface area contributed by atoms with Crippen LogP contribution in [-0.2, 0) is 6.42 Å². The minimum Gasteiger partial charge on any atom is -0.494 e. The Balaban J connectivity index is 1.27. The first-order valence-electron chi connectivity index (χ1n) is 16.0. The van der Waals surface area contributed by atoms with E-state index in [2.05, 4.69) is 56.4 Å². The highest BCUT2D eigenvalue weighted by atomic mass is 16.5. The van der Waals surface area contributed by atoms with Crippen LogP contribution in [0.25, 0.3) is 11.3 Å². The summed E-state index contributed by atoms with van der Waals surface area (Å²) in [7, 11) is 0. The predicted octanol–water partition coefficient (Wildman–Crippen LogP) is 11.0. The van der Waals surface area contributed by atoms with Gasteiger partial charge in [0.2, 0.25) is 0 Å². The number of aromatic nitrogens is 1. The van der Waals surface area contributed by atoms with Crippen LogP contribution in [-0.4, -0.2) is 11.6 Å². The Kier molecular flexibility index (Phi) is 14.8. The summed E-state index contributed by atoms with van der Waals surface area (Å²) >= 11 is 0. The van der Waals surface area contributed by atoms with Gasteiger partial charge in [-0.05, 0) is 73.4 Å². The maximum absolute atomic E-state index is 6.06. The van der Waals surface area contributed by atoms with Crippen molar-refractivity contribution in [2.24, 2.45) is 11.8 Å². The molecule has 3 rings (SSSR count). The molecule has 0 saturated heterocycles. The average Bonchev–Trinajstić information content (AvgIpc) is 2.94. The number of ether oxygens (including phenoxy) is 1. The van der Waals surface area contributed by atoms with E-state index in [1.165, 1.54) is 127 Å². The van der Waals surface area contributed by atoms with Crippen molar-refractivity contribution in [3.05, 3.63) is 48.2 Å². The molecule has 0 spiro atoms. The van der Waals surface area contributed by atoms with Crippen molar-refractivity contribution in [3.63, 3.8) is 0 Å². The lowest BCUT2D eigenvalue weighted by Crippen LogP contribution is -2.15. The second kappa shape index (κ2) is 18.4. The zero-order chi connectivity index (χ0) is 26.0. The van der Waals surface area contributed by atoms with Crippen molar-refractivity contribution >= 4 is 0 Å². The van der Waals surface area contributed by atoms with E-state index in [1.54, 1.807) is 0 Å². The van der Waals surface area contributed by atoms with Gasteiger partial charge in [-0.1, -0.05) is 116 Å². The Bertz CT molecular complexity index is 804. The molecule has 37 heavy (non-hydrogen) atoms. The second-order valence-corrected chi connectivity index (χ2v) is 11.7. The molecule has 1 aromatic heterocycles. The minimum atomic E-state index is 0.835. The molecule has 0 radical (unpaired) electrons. The van der Waals surface area contributed by atoms with Crippen molar-refractivity contribution in [2.45, 2.75) is 136 Å². The Hall–Kier alpha value is -1.83. The largest absolute Gasteiger partial charge is 0.494 e. The number of nitrogens with zero attached hydrogens (tertiary/aromatic N) is 1. The van der Waals surface area contributed by atoms with Crippen molar-refractivity contribution in [1.29, 1.82) is 0 Å². The molecule has 1 heterocycles. The maximum atomic E-state index is 6.06. The van der Waals surface area contributed by atoms with Gasteiger partial charge in [-0.25, -0.2) is 0 Å². The van der Waals surface area contributed by atoms with Gasteiger partial charge in [-0.15, -0.1) is 0 Å². The lowest BCUT2D eigenvalue weighted by molar-refractivity contribution is 0.228. The average molecular weight is 506 g/mol.